The van der Waals surface area contributed by atoms with Crippen molar-refractivity contribution in [2.24, 2.45) is 0 Å². The molecule has 2 rings (SSSR count). The number of benzene rings is 1. The van der Waals surface area contributed by atoms with E-state index < -0.39 is 0 Å². The van der Waals surface area contributed by atoms with Crippen LogP contribution in [0.3, 0.4) is 0 Å². The highest BCUT2D eigenvalue weighted by Gasteiger charge is 2.08. The Hall–Kier alpha value is -1.04. The van der Waals surface area contributed by atoms with Gasteiger partial charge in [-0.2, -0.15) is 0 Å². The van der Waals surface area contributed by atoms with E-state index >= 15 is 0 Å². The maximum Gasteiger partial charge on any atom is 0.222 e. The summed E-state index contributed by atoms with van der Waals surface area (Å²) in [6.45, 7) is 2.06. The van der Waals surface area contributed by atoms with Crippen molar-refractivity contribution >= 4 is 28.5 Å². The quantitative estimate of drug-likeness (QED) is 0.824. The van der Waals surface area contributed by atoms with Crippen LogP contribution in [0.5, 0.6) is 0 Å². The molecule has 3 nitrogen and oxygen atoms in total. The molecule has 0 atom stereocenters. The highest BCUT2D eigenvalue weighted by atomic mass is 127. The van der Waals surface area contributed by atoms with E-state index in [1.807, 2.05) is 12.1 Å². The van der Waals surface area contributed by atoms with Gasteiger partial charge in [-0.15, -0.1) is 0 Å². The van der Waals surface area contributed by atoms with Gasteiger partial charge in [0.15, 0.2) is 0 Å². The van der Waals surface area contributed by atoms with Crippen LogP contribution in [0.1, 0.15) is 5.56 Å². The van der Waals surface area contributed by atoms with Crippen molar-refractivity contribution in [2.45, 2.75) is 6.92 Å². The van der Waals surface area contributed by atoms with Gasteiger partial charge in [0.1, 0.15) is 5.69 Å². The summed E-state index contributed by atoms with van der Waals surface area (Å²) in [4.78, 5) is 0. The summed E-state index contributed by atoms with van der Waals surface area (Å²) in [7, 11) is 0. The smallest absolute Gasteiger partial charge is 0.222 e. The Morgan fingerprint density at radius 3 is 2.86 bits per heavy atom. The van der Waals surface area contributed by atoms with Crippen molar-refractivity contribution < 1.29 is 4.52 Å². The molecule has 2 N–H and O–H groups in total. The Labute approximate surface area is 95.4 Å². The Morgan fingerprint density at radius 2 is 2.21 bits per heavy atom. The lowest BCUT2D eigenvalue weighted by atomic mass is 10.1. The number of anilines is 1. The predicted octanol–water partition coefficient (Wildman–Crippen LogP) is 2.84. The molecule has 1 aromatic carbocycles. The molecule has 0 saturated heterocycles. The van der Waals surface area contributed by atoms with Crippen molar-refractivity contribution in [1.29, 1.82) is 0 Å². The van der Waals surface area contributed by atoms with Crippen LogP contribution in [0.15, 0.2) is 28.8 Å². The maximum absolute atomic E-state index is 5.47. The third-order valence-corrected chi connectivity index (χ3v) is 3.24. The SMILES string of the molecule is Cc1c(I)cccc1-c1cc(N)on1. The average Bonchev–Trinajstić information content (AvgIpc) is 2.57. The highest BCUT2D eigenvalue weighted by molar-refractivity contribution is 14.1. The number of rotatable bonds is 1. The zero-order valence-electron chi connectivity index (χ0n) is 7.62. The number of nitrogen functional groups attached to an aromatic ring is 1. The molecule has 0 amide bonds. The minimum atomic E-state index is 0.346. The molecule has 0 aliphatic rings. The van der Waals surface area contributed by atoms with E-state index in [-0.39, 0.29) is 0 Å². The fourth-order valence-electron chi connectivity index (χ4n) is 1.30. The summed E-state index contributed by atoms with van der Waals surface area (Å²) in [5, 5.41) is 3.88. The molecule has 4 heteroatoms. The van der Waals surface area contributed by atoms with Gasteiger partial charge in [-0.05, 0) is 41.1 Å². The molecule has 0 unspecified atom stereocenters. The molecule has 0 radical (unpaired) electrons. The van der Waals surface area contributed by atoms with Gasteiger partial charge in [0, 0.05) is 15.2 Å². The van der Waals surface area contributed by atoms with Gasteiger partial charge in [0.25, 0.3) is 0 Å². The van der Waals surface area contributed by atoms with E-state index in [4.69, 9.17) is 10.3 Å². The highest BCUT2D eigenvalue weighted by Crippen LogP contribution is 2.26. The second kappa shape index (κ2) is 3.61. The minimum Gasteiger partial charge on any atom is -0.368 e. The summed E-state index contributed by atoms with van der Waals surface area (Å²) >= 11 is 2.29. The molecule has 0 aliphatic heterocycles. The van der Waals surface area contributed by atoms with E-state index in [1.54, 1.807) is 6.07 Å². The molecule has 1 aromatic heterocycles. The topological polar surface area (TPSA) is 52.0 Å². The van der Waals surface area contributed by atoms with Gasteiger partial charge in [0.05, 0.1) is 0 Å². The van der Waals surface area contributed by atoms with Crippen LogP contribution in [0, 0.1) is 10.5 Å². The molecule has 0 bridgehead atoms. The Kier molecular flexibility index (Phi) is 2.45. The number of aromatic nitrogens is 1. The average molecular weight is 300 g/mol. The van der Waals surface area contributed by atoms with E-state index in [1.165, 1.54) is 9.13 Å². The van der Waals surface area contributed by atoms with Gasteiger partial charge < -0.3 is 10.3 Å². The molecule has 0 spiro atoms. The van der Waals surface area contributed by atoms with Crippen molar-refractivity contribution in [3.63, 3.8) is 0 Å². The van der Waals surface area contributed by atoms with Crippen molar-refractivity contribution in [2.75, 3.05) is 5.73 Å². The first-order chi connectivity index (χ1) is 6.68. The molecule has 0 fully saturated rings. The third-order valence-electron chi connectivity index (χ3n) is 2.07. The summed E-state index contributed by atoms with van der Waals surface area (Å²) in [5.41, 5.74) is 8.53. The molecule has 1 heterocycles. The maximum atomic E-state index is 5.47. The second-order valence-electron chi connectivity index (χ2n) is 3.03. The summed E-state index contributed by atoms with van der Waals surface area (Å²) in [5.74, 6) is 0.346. The summed E-state index contributed by atoms with van der Waals surface area (Å²) in [6.07, 6.45) is 0. The van der Waals surface area contributed by atoms with Gasteiger partial charge in [-0.25, -0.2) is 0 Å². The zero-order valence-corrected chi connectivity index (χ0v) is 9.78. The van der Waals surface area contributed by atoms with Crippen LogP contribution in [0.4, 0.5) is 5.88 Å². The Balaban J connectivity index is 2.57. The largest absolute Gasteiger partial charge is 0.368 e. The monoisotopic (exact) mass is 300 g/mol. The second-order valence-corrected chi connectivity index (χ2v) is 4.19. The van der Waals surface area contributed by atoms with E-state index in [0.29, 0.717) is 5.88 Å². The molecular weight excluding hydrogens is 291 g/mol. The normalized spacial score (nSPS) is 10.4. The van der Waals surface area contributed by atoms with Crippen LogP contribution >= 0.6 is 22.6 Å². The number of nitrogens with two attached hydrogens (primary N) is 1. The van der Waals surface area contributed by atoms with Gasteiger partial charge in [-0.1, -0.05) is 17.3 Å². The van der Waals surface area contributed by atoms with E-state index in [2.05, 4.69) is 40.7 Å². The fraction of sp³-hybridized carbons (Fsp3) is 0.100. The van der Waals surface area contributed by atoms with E-state index in [9.17, 15) is 0 Å². The van der Waals surface area contributed by atoms with Crippen LogP contribution in [0.2, 0.25) is 0 Å². The van der Waals surface area contributed by atoms with Crippen LogP contribution in [-0.4, -0.2) is 5.16 Å². The number of hydrogen-bond donors (Lipinski definition) is 1. The molecule has 0 saturated carbocycles. The summed E-state index contributed by atoms with van der Waals surface area (Å²) in [6, 6.07) is 7.80. The third kappa shape index (κ3) is 1.61. The Morgan fingerprint density at radius 1 is 1.43 bits per heavy atom. The van der Waals surface area contributed by atoms with Gasteiger partial charge >= 0.3 is 0 Å². The van der Waals surface area contributed by atoms with Crippen molar-refractivity contribution in [3.8, 4) is 11.3 Å². The van der Waals surface area contributed by atoms with Crippen LogP contribution < -0.4 is 5.73 Å². The first-order valence-electron chi connectivity index (χ1n) is 4.16. The number of hydrogen-bond acceptors (Lipinski definition) is 3. The van der Waals surface area contributed by atoms with E-state index in [0.717, 1.165) is 11.3 Å². The molecular formula is C10H9IN2O. The first kappa shape index (κ1) is 9.51. The standard InChI is InChI=1S/C10H9IN2O/c1-6-7(3-2-4-8(6)11)9-5-10(12)14-13-9/h2-5H,12H2,1H3. The zero-order chi connectivity index (χ0) is 10.1. The number of halogens is 1. The van der Waals surface area contributed by atoms with Crippen molar-refractivity contribution in [1.82, 2.24) is 5.16 Å². The molecule has 0 aliphatic carbocycles. The van der Waals surface area contributed by atoms with Crippen molar-refractivity contribution in [3.05, 3.63) is 33.4 Å². The minimum absolute atomic E-state index is 0.346. The predicted molar refractivity (Wildman–Crippen MR) is 63.8 cm³/mol. The van der Waals surface area contributed by atoms with Gasteiger partial charge in [-0.3, -0.25) is 0 Å². The fourth-order valence-corrected chi connectivity index (χ4v) is 1.80. The van der Waals surface area contributed by atoms with Gasteiger partial charge in [0.2, 0.25) is 5.88 Å². The summed E-state index contributed by atoms with van der Waals surface area (Å²) < 4.78 is 6.05. The number of nitrogens with zero attached hydrogens (tertiary/aromatic N) is 1. The molecule has 2 aromatic rings. The lowest BCUT2D eigenvalue weighted by Gasteiger charge is -2.02. The molecule has 72 valence electrons. The first-order valence-corrected chi connectivity index (χ1v) is 5.24. The Bertz CT molecular complexity index is 465. The lowest BCUT2D eigenvalue weighted by molar-refractivity contribution is 0.439. The van der Waals surface area contributed by atoms with Crippen LogP contribution in [-0.2, 0) is 0 Å². The van der Waals surface area contributed by atoms with Crippen LogP contribution in [0.25, 0.3) is 11.3 Å². The molecule has 14 heavy (non-hydrogen) atoms. The lowest BCUT2D eigenvalue weighted by Crippen LogP contribution is -1.86.